The van der Waals surface area contributed by atoms with Crippen molar-refractivity contribution in [2.75, 3.05) is 0 Å². The van der Waals surface area contributed by atoms with Crippen LogP contribution in [0.2, 0.25) is 0 Å². The lowest BCUT2D eigenvalue weighted by Gasteiger charge is -2.13. The number of rotatable bonds is 4. The van der Waals surface area contributed by atoms with Crippen LogP contribution in [-0.4, -0.2) is 27.6 Å². The van der Waals surface area contributed by atoms with Crippen LogP contribution < -0.4 is 5.32 Å². The maximum atomic E-state index is 12.3. The van der Waals surface area contributed by atoms with Crippen molar-refractivity contribution in [2.24, 2.45) is 5.92 Å². The minimum absolute atomic E-state index is 0.0520. The van der Waals surface area contributed by atoms with E-state index >= 15 is 0 Å². The lowest BCUT2D eigenvalue weighted by atomic mass is 10.1. The highest BCUT2D eigenvalue weighted by molar-refractivity contribution is 5.95. The van der Waals surface area contributed by atoms with Gasteiger partial charge in [0.15, 0.2) is 0 Å². The molecule has 0 radical (unpaired) electrons. The number of nitrogens with zero attached hydrogens (tertiary/aromatic N) is 1. The van der Waals surface area contributed by atoms with Crippen LogP contribution in [0.1, 0.15) is 29.6 Å². The molecule has 1 amide bonds. The van der Waals surface area contributed by atoms with Crippen molar-refractivity contribution in [3.63, 3.8) is 0 Å². The first-order valence-electron chi connectivity index (χ1n) is 7.40. The Morgan fingerprint density at radius 2 is 1.91 bits per heavy atom. The molecule has 0 unspecified atom stereocenters. The second kappa shape index (κ2) is 6.05. The molecule has 5 nitrogen and oxygen atoms in total. The quantitative estimate of drug-likeness (QED) is 0.911. The Kier molecular flexibility index (Phi) is 3.96. The number of carbonyl (C=O) groups excluding carboxylic acids is 1. The lowest BCUT2D eigenvalue weighted by molar-refractivity contribution is -0.141. The van der Waals surface area contributed by atoms with Gasteiger partial charge in [0, 0.05) is 29.7 Å². The van der Waals surface area contributed by atoms with Gasteiger partial charge in [0.05, 0.1) is 5.92 Å². The first-order valence-corrected chi connectivity index (χ1v) is 7.40. The van der Waals surface area contributed by atoms with Crippen LogP contribution in [0.5, 0.6) is 0 Å². The molecule has 0 spiro atoms. The molecule has 5 heteroatoms. The van der Waals surface area contributed by atoms with Crippen LogP contribution in [0.3, 0.4) is 0 Å². The van der Waals surface area contributed by atoms with Gasteiger partial charge in [-0.1, -0.05) is 6.07 Å². The summed E-state index contributed by atoms with van der Waals surface area (Å²) >= 11 is 0. The van der Waals surface area contributed by atoms with Crippen molar-refractivity contribution in [1.82, 2.24) is 9.88 Å². The Hall–Kier alpha value is -2.56. The van der Waals surface area contributed by atoms with E-state index in [2.05, 4.69) is 5.32 Å². The molecule has 1 heterocycles. The maximum Gasteiger partial charge on any atom is 0.306 e. The Balaban J connectivity index is 1.68. The third-order valence-electron chi connectivity index (χ3n) is 4.13. The fourth-order valence-corrected chi connectivity index (χ4v) is 2.92. The van der Waals surface area contributed by atoms with Crippen molar-refractivity contribution in [3.05, 3.63) is 54.4 Å². The summed E-state index contributed by atoms with van der Waals surface area (Å²) in [6, 6.07) is 11.2. The van der Waals surface area contributed by atoms with E-state index in [1.807, 2.05) is 47.3 Å². The Labute approximate surface area is 128 Å². The van der Waals surface area contributed by atoms with Crippen molar-refractivity contribution >= 4 is 11.9 Å². The van der Waals surface area contributed by atoms with Crippen molar-refractivity contribution in [2.45, 2.75) is 25.3 Å². The Morgan fingerprint density at radius 1 is 1.14 bits per heavy atom. The normalized spacial score (nSPS) is 20.7. The van der Waals surface area contributed by atoms with Gasteiger partial charge in [0.25, 0.3) is 5.91 Å². The summed E-state index contributed by atoms with van der Waals surface area (Å²) in [6.07, 6.45) is 5.71. The van der Waals surface area contributed by atoms with E-state index in [1.165, 1.54) is 0 Å². The van der Waals surface area contributed by atoms with Crippen molar-refractivity contribution in [1.29, 1.82) is 0 Å². The molecule has 2 aromatic rings. The zero-order valence-electron chi connectivity index (χ0n) is 12.1. The topological polar surface area (TPSA) is 71.3 Å². The summed E-state index contributed by atoms with van der Waals surface area (Å²) in [5.41, 5.74) is 1.51. The molecule has 1 fully saturated rings. The van der Waals surface area contributed by atoms with E-state index in [0.717, 1.165) is 12.1 Å². The van der Waals surface area contributed by atoms with E-state index in [9.17, 15) is 9.59 Å². The van der Waals surface area contributed by atoms with Crippen molar-refractivity contribution in [3.8, 4) is 5.69 Å². The summed E-state index contributed by atoms with van der Waals surface area (Å²) in [5, 5.41) is 11.9. The molecule has 2 N–H and O–H groups in total. The smallest absolute Gasteiger partial charge is 0.306 e. The SMILES string of the molecule is O=C(N[C@@H]1CC[C@H](C(=O)O)C1)c1cccc(-n2cccc2)c1. The molecule has 3 rings (SSSR count). The number of carboxylic acid groups (broad SMARTS) is 1. The van der Waals surface area contributed by atoms with E-state index in [1.54, 1.807) is 6.07 Å². The predicted molar refractivity (Wildman–Crippen MR) is 82.0 cm³/mol. The average Bonchev–Trinajstić information content (AvgIpc) is 3.19. The molecule has 1 aromatic carbocycles. The Morgan fingerprint density at radius 3 is 2.59 bits per heavy atom. The number of carboxylic acids is 1. The molecular formula is C17H18N2O3. The lowest BCUT2D eigenvalue weighted by Crippen LogP contribution is -2.33. The van der Waals surface area contributed by atoms with Crippen LogP contribution >= 0.6 is 0 Å². The number of amides is 1. The number of carbonyl (C=O) groups is 2. The minimum atomic E-state index is -0.772. The number of aromatic nitrogens is 1. The zero-order chi connectivity index (χ0) is 15.5. The molecule has 0 saturated heterocycles. The van der Waals surface area contributed by atoms with Crippen LogP contribution in [0.4, 0.5) is 0 Å². The summed E-state index contributed by atoms with van der Waals surface area (Å²) < 4.78 is 1.94. The highest BCUT2D eigenvalue weighted by Crippen LogP contribution is 2.26. The number of hydrogen-bond acceptors (Lipinski definition) is 2. The van der Waals surface area contributed by atoms with Crippen molar-refractivity contribution < 1.29 is 14.7 Å². The summed E-state index contributed by atoms with van der Waals surface area (Å²) in [7, 11) is 0. The molecule has 22 heavy (non-hydrogen) atoms. The van der Waals surface area contributed by atoms with Gasteiger partial charge in [-0.05, 0) is 49.6 Å². The molecular weight excluding hydrogens is 280 g/mol. The highest BCUT2D eigenvalue weighted by atomic mass is 16.4. The molecule has 114 valence electrons. The van der Waals surface area contributed by atoms with Gasteiger partial charge in [-0.3, -0.25) is 9.59 Å². The van der Waals surface area contributed by atoms with E-state index in [4.69, 9.17) is 5.11 Å². The van der Waals surface area contributed by atoms with E-state index < -0.39 is 5.97 Å². The first-order chi connectivity index (χ1) is 10.6. The third kappa shape index (κ3) is 3.03. The van der Waals surface area contributed by atoms with Gasteiger partial charge in [0.1, 0.15) is 0 Å². The number of nitrogens with one attached hydrogen (secondary N) is 1. The molecule has 2 atom stereocenters. The van der Waals surface area contributed by atoms with Gasteiger partial charge >= 0.3 is 5.97 Å². The van der Waals surface area contributed by atoms with Crippen LogP contribution in [0, 0.1) is 5.92 Å². The third-order valence-corrected chi connectivity index (χ3v) is 4.13. The fraction of sp³-hybridized carbons (Fsp3) is 0.294. The van der Waals surface area contributed by atoms with Gasteiger partial charge < -0.3 is 15.0 Å². The molecule has 0 aliphatic heterocycles. The number of benzene rings is 1. The van der Waals surface area contributed by atoms with E-state index in [-0.39, 0.29) is 17.9 Å². The first kappa shape index (κ1) is 14.4. The minimum Gasteiger partial charge on any atom is -0.481 e. The number of hydrogen-bond donors (Lipinski definition) is 2. The monoisotopic (exact) mass is 298 g/mol. The molecule has 1 saturated carbocycles. The highest BCUT2D eigenvalue weighted by Gasteiger charge is 2.30. The second-order valence-corrected chi connectivity index (χ2v) is 5.66. The molecule has 1 aliphatic rings. The summed E-state index contributed by atoms with van der Waals surface area (Å²) in [5.74, 6) is -1.26. The van der Waals surface area contributed by atoms with Gasteiger partial charge in [-0.15, -0.1) is 0 Å². The maximum absolute atomic E-state index is 12.3. The second-order valence-electron chi connectivity index (χ2n) is 5.66. The van der Waals surface area contributed by atoms with Crippen LogP contribution in [0.25, 0.3) is 5.69 Å². The van der Waals surface area contributed by atoms with Crippen LogP contribution in [0.15, 0.2) is 48.8 Å². The standard InChI is InChI=1S/C17H18N2O3/c20-16(18-14-7-6-13(10-14)17(21)22)12-4-3-5-15(11-12)19-8-1-2-9-19/h1-5,8-9,11,13-14H,6-7,10H2,(H,18,20)(H,21,22)/t13-,14+/m0/s1. The van der Waals surface area contributed by atoms with Gasteiger partial charge in [-0.2, -0.15) is 0 Å². The largest absolute Gasteiger partial charge is 0.481 e. The van der Waals surface area contributed by atoms with Gasteiger partial charge in [0.2, 0.25) is 0 Å². The summed E-state index contributed by atoms with van der Waals surface area (Å²) in [6.45, 7) is 0. The predicted octanol–water partition coefficient (Wildman–Crippen LogP) is 2.46. The fourth-order valence-electron chi connectivity index (χ4n) is 2.92. The molecule has 1 aliphatic carbocycles. The summed E-state index contributed by atoms with van der Waals surface area (Å²) in [4.78, 5) is 23.3. The average molecular weight is 298 g/mol. The Bertz CT molecular complexity index is 679. The zero-order valence-corrected chi connectivity index (χ0v) is 12.1. The van der Waals surface area contributed by atoms with Crippen LogP contribution in [-0.2, 0) is 4.79 Å². The number of aliphatic carboxylic acids is 1. The molecule has 0 bridgehead atoms. The molecule has 1 aromatic heterocycles. The van der Waals surface area contributed by atoms with Gasteiger partial charge in [-0.25, -0.2) is 0 Å². The van der Waals surface area contributed by atoms with E-state index in [0.29, 0.717) is 18.4 Å².